The van der Waals surface area contributed by atoms with Gasteiger partial charge < -0.3 is 15.6 Å². The Balaban J connectivity index is 2.55. The van der Waals surface area contributed by atoms with Crippen molar-refractivity contribution in [3.63, 3.8) is 0 Å². The van der Waals surface area contributed by atoms with Crippen molar-refractivity contribution >= 4 is 17.4 Å². The fourth-order valence-electron chi connectivity index (χ4n) is 1.69. The van der Waals surface area contributed by atoms with Crippen LogP contribution in [-0.2, 0) is 15.1 Å². The van der Waals surface area contributed by atoms with E-state index in [1.54, 1.807) is 0 Å². The van der Waals surface area contributed by atoms with Crippen LogP contribution >= 0.6 is 11.6 Å². The fraction of sp³-hybridized carbons (Fsp3) is 0.182. The lowest BCUT2D eigenvalue weighted by molar-refractivity contribution is -0.131. The molecule has 90 valence electrons. The first-order chi connectivity index (χ1) is 7.86. The summed E-state index contributed by atoms with van der Waals surface area (Å²) in [6, 6.07) is 3.73. The standard InChI is InChI=1S/C11H9ClFNO3/c1-11(9(16)8(15)10(14)17-11)6-4-5(12)2-3-7(6)13/h2-4,15H,14H2,1H3. The monoisotopic (exact) mass is 257 g/mol. The number of rotatable bonds is 1. The van der Waals surface area contributed by atoms with E-state index in [0.717, 1.165) is 6.07 Å². The molecule has 0 amide bonds. The lowest BCUT2D eigenvalue weighted by Gasteiger charge is -2.23. The van der Waals surface area contributed by atoms with Crippen LogP contribution in [0.3, 0.4) is 0 Å². The Morgan fingerprint density at radius 2 is 2.18 bits per heavy atom. The third-order valence-corrected chi connectivity index (χ3v) is 2.87. The summed E-state index contributed by atoms with van der Waals surface area (Å²) in [5.41, 5.74) is 3.56. The molecular weight excluding hydrogens is 249 g/mol. The van der Waals surface area contributed by atoms with Gasteiger partial charge in [-0.3, -0.25) is 4.79 Å². The zero-order chi connectivity index (χ0) is 12.8. The summed E-state index contributed by atoms with van der Waals surface area (Å²) < 4.78 is 18.7. The maximum atomic E-state index is 13.7. The quantitative estimate of drug-likeness (QED) is 0.807. The molecule has 0 aromatic heterocycles. The van der Waals surface area contributed by atoms with Crippen LogP contribution in [0.5, 0.6) is 0 Å². The molecule has 1 aliphatic heterocycles. The molecule has 0 spiro atoms. The number of ketones is 1. The topological polar surface area (TPSA) is 72.6 Å². The molecule has 1 heterocycles. The molecule has 1 atom stereocenters. The van der Waals surface area contributed by atoms with Crippen molar-refractivity contribution in [2.75, 3.05) is 0 Å². The Morgan fingerprint density at radius 1 is 1.53 bits per heavy atom. The molecule has 3 N–H and O–H groups in total. The molecule has 0 fully saturated rings. The van der Waals surface area contributed by atoms with Crippen LogP contribution in [0.25, 0.3) is 0 Å². The zero-order valence-corrected chi connectivity index (χ0v) is 9.58. The molecule has 0 radical (unpaired) electrons. The molecule has 0 aliphatic carbocycles. The molecule has 4 nitrogen and oxygen atoms in total. The van der Waals surface area contributed by atoms with Crippen LogP contribution in [0.2, 0.25) is 5.02 Å². The third-order valence-electron chi connectivity index (χ3n) is 2.64. The average molecular weight is 258 g/mol. The van der Waals surface area contributed by atoms with Gasteiger partial charge in [0.05, 0.1) is 0 Å². The number of carbonyl (C=O) groups is 1. The van der Waals surface area contributed by atoms with Crippen molar-refractivity contribution in [1.29, 1.82) is 0 Å². The van der Waals surface area contributed by atoms with Crippen LogP contribution in [0.4, 0.5) is 4.39 Å². The third kappa shape index (κ3) is 1.63. The molecular formula is C11H9ClFNO3. The molecule has 6 heteroatoms. The number of nitrogens with two attached hydrogens (primary N) is 1. The van der Waals surface area contributed by atoms with E-state index in [1.165, 1.54) is 19.1 Å². The molecule has 1 unspecified atom stereocenters. The number of ether oxygens (including phenoxy) is 1. The summed E-state index contributed by atoms with van der Waals surface area (Å²) in [4.78, 5) is 11.8. The minimum atomic E-state index is -1.68. The lowest BCUT2D eigenvalue weighted by atomic mass is 9.91. The number of hydrogen-bond acceptors (Lipinski definition) is 4. The maximum Gasteiger partial charge on any atom is 0.250 e. The van der Waals surface area contributed by atoms with Crippen LogP contribution < -0.4 is 5.73 Å². The first kappa shape index (κ1) is 11.7. The van der Waals surface area contributed by atoms with E-state index in [0.29, 0.717) is 0 Å². The van der Waals surface area contributed by atoms with Crippen LogP contribution in [0.1, 0.15) is 12.5 Å². The molecule has 1 aromatic rings. The van der Waals surface area contributed by atoms with Crippen LogP contribution in [0, 0.1) is 5.82 Å². The van der Waals surface area contributed by atoms with Crippen molar-refractivity contribution in [3.8, 4) is 0 Å². The maximum absolute atomic E-state index is 13.7. The van der Waals surface area contributed by atoms with E-state index in [1.807, 2.05) is 0 Å². The first-order valence-corrected chi connectivity index (χ1v) is 5.12. The highest BCUT2D eigenvalue weighted by Crippen LogP contribution is 2.38. The molecule has 17 heavy (non-hydrogen) atoms. The minimum absolute atomic E-state index is 0.0676. The van der Waals surface area contributed by atoms with E-state index in [4.69, 9.17) is 22.1 Å². The summed E-state index contributed by atoms with van der Waals surface area (Å²) in [5, 5.41) is 9.60. The fourth-order valence-corrected chi connectivity index (χ4v) is 1.86. The Labute approximate surface area is 101 Å². The van der Waals surface area contributed by atoms with E-state index in [9.17, 15) is 14.3 Å². The van der Waals surface area contributed by atoms with Gasteiger partial charge in [0.15, 0.2) is 0 Å². The number of benzene rings is 1. The van der Waals surface area contributed by atoms with E-state index in [2.05, 4.69) is 0 Å². The van der Waals surface area contributed by atoms with E-state index < -0.39 is 28.8 Å². The average Bonchev–Trinajstić information content (AvgIpc) is 2.47. The van der Waals surface area contributed by atoms with Gasteiger partial charge in [-0.05, 0) is 25.1 Å². The minimum Gasteiger partial charge on any atom is -0.501 e. The number of hydrogen-bond donors (Lipinski definition) is 2. The number of halogens is 2. The Kier molecular flexibility index (Phi) is 2.50. The normalized spacial score (nSPS) is 24.1. The van der Waals surface area contributed by atoms with Crippen LogP contribution in [-0.4, -0.2) is 10.9 Å². The predicted octanol–water partition coefficient (Wildman–Crippen LogP) is 1.98. The van der Waals surface area contributed by atoms with Gasteiger partial charge in [-0.15, -0.1) is 0 Å². The number of carbonyl (C=O) groups excluding carboxylic acids is 1. The van der Waals surface area contributed by atoms with Gasteiger partial charge in [-0.2, -0.15) is 0 Å². The van der Waals surface area contributed by atoms with Gasteiger partial charge in [0, 0.05) is 10.6 Å². The second-order valence-corrected chi connectivity index (χ2v) is 4.24. The zero-order valence-electron chi connectivity index (χ0n) is 8.83. The highest BCUT2D eigenvalue weighted by atomic mass is 35.5. The summed E-state index contributed by atoms with van der Waals surface area (Å²) in [6.07, 6.45) is 0. The van der Waals surface area contributed by atoms with Crippen molar-refractivity contribution in [3.05, 3.63) is 46.2 Å². The Hall–Kier alpha value is -1.75. The van der Waals surface area contributed by atoms with Crippen molar-refractivity contribution in [2.45, 2.75) is 12.5 Å². The number of Topliss-reactive ketones (excluding diaryl/α,β-unsaturated/α-hetero) is 1. The summed E-state index contributed by atoms with van der Waals surface area (Å²) in [5.74, 6) is -2.58. The summed E-state index contributed by atoms with van der Waals surface area (Å²) in [6.45, 7) is 1.32. The smallest absolute Gasteiger partial charge is 0.250 e. The predicted molar refractivity (Wildman–Crippen MR) is 58.7 cm³/mol. The summed E-state index contributed by atoms with van der Waals surface area (Å²) in [7, 11) is 0. The highest BCUT2D eigenvalue weighted by Gasteiger charge is 2.48. The number of aliphatic hydroxyl groups is 1. The lowest BCUT2D eigenvalue weighted by Crippen LogP contribution is -2.32. The van der Waals surface area contributed by atoms with Gasteiger partial charge in [0.1, 0.15) is 5.82 Å². The SMILES string of the molecule is CC1(c2cc(Cl)ccc2F)OC(N)=C(O)C1=O. The Morgan fingerprint density at radius 3 is 2.71 bits per heavy atom. The summed E-state index contributed by atoms with van der Waals surface area (Å²) >= 11 is 5.74. The van der Waals surface area contributed by atoms with Gasteiger partial charge in [-0.1, -0.05) is 11.6 Å². The van der Waals surface area contributed by atoms with Crippen molar-refractivity contribution < 1.29 is 19.0 Å². The second-order valence-electron chi connectivity index (χ2n) is 3.80. The molecule has 1 aromatic carbocycles. The molecule has 0 bridgehead atoms. The van der Waals surface area contributed by atoms with Crippen LogP contribution in [0.15, 0.2) is 29.8 Å². The largest absolute Gasteiger partial charge is 0.501 e. The van der Waals surface area contributed by atoms with E-state index >= 15 is 0 Å². The first-order valence-electron chi connectivity index (χ1n) is 4.74. The number of aliphatic hydroxyl groups excluding tert-OH is 1. The second kappa shape index (κ2) is 3.63. The van der Waals surface area contributed by atoms with Gasteiger partial charge in [-0.25, -0.2) is 4.39 Å². The van der Waals surface area contributed by atoms with Gasteiger partial charge >= 0.3 is 0 Å². The molecule has 0 saturated carbocycles. The van der Waals surface area contributed by atoms with Gasteiger partial charge in [0.2, 0.25) is 17.2 Å². The highest BCUT2D eigenvalue weighted by molar-refractivity contribution is 6.30. The van der Waals surface area contributed by atoms with E-state index in [-0.39, 0.29) is 10.6 Å². The molecule has 1 aliphatic rings. The molecule has 2 rings (SSSR count). The van der Waals surface area contributed by atoms with Crippen molar-refractivity contribution in [1.82, 2.24) is 0 Å². The van der Waals surface area contributed by atoms with Gasteiger partial charge in [0.25, 0.3) is 5.78 Å². The molecule has 0 saturated heterocycles. The Bertz CT molecular complexity index is 544. The van der Waals surface area contributed by atoms with Crippen molar-refractivity contribution in [2.24, 2.45) is 5.73 Å².